The monoisotopic (exact) mass is 348 g/mol. The lowest BCUT2D eigenvalue weighted by Crippen LogP contribution is -2.21. The SMILES string of the molecule is COC(=O)c1ccccc1NC(=O)Nc1ccccc1Br. The number of halogens is 1. The molecule has 2 rings (SSSR count). The number of ether oxygens (including phenoxy) is 1. The second kappa shape index (κ2) is 6.90. The number of methoxy groups -OCH3 is 1. The minimum absolute atomic E-state index is 0.294. The van der Waals surface area contributed by atoms with Gasteiger partial charge in [0.15, 0.2) is 0 Å². The van der Waals surface area contributed by atoms with E-state index in [1.807, 2.05) is 18.2 Å². The van der Waals surface area contributed by atoms with Crippen molar-refractivity contribution in [3.63, 3.8) is 0 Å². The molecule has 0 unspecified atom stereocenters. The molecule has 2 aromatic carbocycles. The Hall–Kier alpha value is -2.34. The maximum absolute atomic E-state index is 12.0. The van der Waals surface area contributed by atoms with Crippen molar-refractivity contribution in [2.24, 2.45) is 0 Å². The average Bonchev–Trinajstić information content (AvgIpc) is 2.49. The summed E-state index contributed by atoms with van der Waals surface area (Å²) in [4.78, 5) is 23.6. The topological polar surface area (TPSA) is 67.4 Å². The Morgan fingerprint density at radius 2 is 1.52 bits per heavy atom. The molecule has 108 valence electrons. The summed E-state index contributed by atoms with van der Waals surface area (Å²) in [6.45, 7) is 0. The first-order chi connectivity index (χ1) is 10.1. The molecule has 21 heavy (non-hydrogen) atoms. The van der Waals surface area contributed by atoms with Crippen LogP contribution >= 0.6 is 15.9 Å². The fraction of sp³-hybridized carbons (Fsp3) is 0.0667. The number of hydrogen-bond acceptors (Lipinski definition) is 3. The Labute approximate surface area is 130 Å². The molecule has 0 fully saturated rings. The van der Waals surface area contributed by atoms with E-state index < -0.39 is 12.0 Å². The van der Waals surface area contributed by atoms with Gasteiger partial charge in [-0.15, -0.1) is 0 Å². The average molecular weight is 349 g/mol. The van der Waals surface area contributed by atoms with Crippen LogP contribution in [0.2, 0.25) is 0 Å². The molecule has 2 N–H and O–H groups in total. The molecular formula is C15H13BrN2O3. The second-order valence-electron chi connectivity index (χ2n) is 4.10. The second-order valence-corrected chi connectivity index (χ2v) is 4.95. The van der Waals surface area contributed by atoms with Gasteiger partial charge in [0.1, 0.15) is 0 Å². The fourth-order valence-corrected chi connectivity index (χ4v) is 2.10. The number of urea groups is 1. The van der Waals surface area contributed by atoms with E-state index in [1.54, 1.807) is 30.3 Å². The molecular weight excluding hydrogens is 336 g/mol. The first kappa shape index (κ1) is 15.1. The summed E-state index contributed by atoms with van der Waals surface area (Å²) in [6, 6.07) is 13.4. The maximum Gasteiger partial charge on any atom is 0.339 e. The number of nitrogens with one attached hydrogen (secondary N) is 2. The van der Waals surface area contributed by atoms with E-state index in [1.165, 1.54) is 7.11 Å². The molecule has 0 atom stereocenters. The minimum atomic E-state index is -0.508. The van der Waals surface area contributed by atoms with Crippen molar-refractivity contribution < 1.29 is 14.3 Å². The Bertz CT molecular complexity index is 673. The molecule has 0 radical (unpaired) electrons. The van der Waals surface area contributed by atoms with E-state index >= 15 is 0 Å². The zero-order valence-corrected chi connectivity index (χ0v) is 12.8. The number of rotatable bonds is 3. The van der Waals surface area contributed by atoms with Crippen LogP contribution in [0.3, 0.4) is 0 Å². The van der Waals surface area contributed by atoms with Gasteiger partial charge in [-0.3, -0.25) is 0 Å². The van der Waals surface area contributed by atoms with Gasteiger partial charge in [0, 0.05) is 4.47 Å². The molecule has 0 saturated heterocycles. The highest BCUT2D eigenvalue weighted by molar-refractivity contribution is 9.10. The Balaban J connectivity index is 2.14. The summed E-state index contributed by atoms with van der Waals surface area (Å²) in [6.07, 6.45) is 0. The molecule has 2 amide bonds. The standard InChI is InChI=1S/C15H13BrN2O3/c1-21-14(19)10-6-2-4-8-12(10)17-15(20)18-13-9-5-3-7-11(13)16/h2-9H,1H3,(H2,17,18,20). The Kier molecular flexibility index (Phi) is 4.94. The number of carbonyl (C=O) groups is 2. The molecule has 5 nitrogen and oxygen atoms in total. The number of esters is 1. The van der Waals surface area contributed by atoms with Gasteiger partial charge in [-0.05, 0) is 40.2 Å². The smallest absolute Gasteiger partial charge is 0.339 e. The largest absolute Gasteiger partial charge is 0.465 e. The number of para-hydroxylation sites is 2. The highest BCUT2D eigenvalue weighted by atomic mass is 79.9. The van der Waals surface area contributed by atoms with Crippen molar-refractivity contribution in [1.29, 1.82) is 0 Å². The fourth-order valence-electron chi connectivity index (χ4n) is 1.72. The van der Waals surface area contributed by atoms with Crippen molar-refractivity contribution in [1.82, 2.24) is 0 Å². The third-order valence-corrected chi connectivity index (χ3v) is 3.39. The first-order valence-electron chi connectivity index (χ1n) is 6.11. The van der Waals surface area contributed by atoms with Crippen LogP contribution in [0.15, 0.2) is 53.0 Å². The molecule has 0 bridgehead atoms. The molecule has 0 saturated carbocycles. The lowest BCUT2D eigenvalue weighted by molar-refractivity contribution is 0.0602. The lowest BCUT2D eigenvalue weighted by Gasteiger charge is -2.11. The number of carbonyl (C=O) groups excluding carboxylic acids is 2. The highest BCUT2D eigenvalue weighted by Crippen LogP contribution is 2.22. The van der Waals surface area contributed by atoms with Gasteiger partial charge in [-0.1, -0.05) is 24.3 Å². The van der Waals surface area contributed by atoms with E-state index in [4.69, 9.17) is 0 Å². The number of benzene rings is 2. The summed E-state index contributed by atoms with van der Waals surface area (Å²) in [7, 11) is 1.29. The zero-order chi connectivity index (χ0) is 15.2. The zero-order valence-electron chi connectivity index (χ0n) is 11.2. The molecule has 2 aromatic rings. The molecule has 0 aliphatic heterocycles. The Morgan fingerprint density at radius 1 is 0.952 bits per heavy atom. The number of anilines is 2. The van der Waals surface area contributed by atoms with E-state index in [-0.39, 0.29) is 0 Å². The summed E-state index contributed by atoms with van der Waals surface area (Å²) in [5.74, 6) is -0.508. The van der Waals surface area contributed by atoms with Crippen LogP contribution in [0, 0.1) is 0 Å². The lowest BCUT2D eigenvalue weighted by atomic mass is 10.2. The van der Waals surface area contributed by atoms with Gasteiger partial charge in [0.25, 0.3) is 0 Å². The molecule has 0 aromatic heterocycles. The van der Waals surface area contributed by atoms with Crippen LogP contribution in [0.5, 0.6) is 0 Å². The van der Waals surface area contributed by atoms with Gasteiger partial charge in [-0.25, -0.2) is 9.59 Å². The van der Waals surface area contributed by atoms with Crippen molar-refractivity contribution in [2.75, 3.05) is 17.7 Å². The van der Waals surface area contributed by atoms with Gasteiger partial charge >= 0.3 is 12.0 Å². The summed E-state index contributed by atoms with van der Waals surface area (Å²) in [5.41, 5.74) is 1.31. The maximum atomic E-state index is 12.0. The quantitative estimate of drug-likeness (QED) is 0.827. The van der Waals surface area contributed by atoms with E-state index in [9.17, 15) is 9.59 Å². The summed E-state index contributed by atoms with van der Waals surface area (Å²) < 4.78 is 5.44. The van der Waals surface area contributed by atoms with Crippen LogP contribution in [0.25, 0.3) is 0 Å². The number of amides is 2. The first-order valence-corrected chi connectivity index (χ1v) is 6.91. The van der Waals surface area contributed by atoms with Crippen molar-refractivity contribution >= 4 is 39.3 Å². The van der Waals surface area contributed by atoms with Gasteiger partial charge < -0.3 is 15.4 Å². The van der Waals surface area contributed by atoms with E-state index in [0.29, 0.717) is 16.9 Å². The molecule has 0 aliphatic carbocycles. The van der Waals surface area contributed by atoms with Crippen molar-refractivity contribution in [2.45, 2.75) is 0 Å². The number of hydrogen-bond donors (Lipinski definition) is 2. The van der Waals surface area contributed by atoms with Gasteiger partial charge in [0.05, 0.1) is 24.0 Å². The van der Waals surface area contributed by atoms with Crippen LogP contribution in [-0.2, 0) is 4.74 Å². The van der Waals surface area contributed by atoms with Crippen LogP contribution in [0.1, 0.15) is 10.4 Å². The molecule has 0 heterocycles. The van der Waals surface area contributed by atoms with Crippen LogP contribution in [0.4, 0.5) is 16.2 Å². The highest BCUT2D eigenvalue weighted by Gasteiger charge is 2.13. The third kappa shape index (κ3) is 3.82. The molecule has 6 heteroatoms. The van der Waals surface area contributed by atoms with Gasteiger partial charge in [-0.2, -0.15) is 0 Å². The normalized spacial score (nSPS) is 9.81. The predicted molar refractivity (Wildman–Crippen MR) is 84.6 cm³/mol. The van der Waals surface area contributed by atoms with Crippen LogP contribution < -0.4 is 10.6 Å². The van der Waals surface area contributed by atoms with Crippen LogP contribution in [-0.4, -0.2) is 19.1 Å². The predicted octanol–water partition coefficient (Wildman–Crippen LogP) is 3.88. The third-order valence-electron chi connectivity index (χ3n) is 2.70. The Morgan fingerprint density at radius 3 is 2.19 bits per heavy atom. The molecule has 0 spiro atoms. The summed E-state index contributed by atoms with van der Waals surface area (Å²) >= 11 is 3.34. The molecule has 0 aliphatic rings. The van der Waals surface area contributed by atoms with E-state index in [0.717, 1.165) is 4.47 Å². The van der Waals surface area contributed by atoms with Gasteiger partial charge in [0.2, 0.25) is 0 Å². The minimum Gasteiger partial charge on any atom is -0.465 e. The van der Waals surface area contributed by atoms with Crippen molar-refractivity contribution in [3.8, 4) is 0 Å². The summed E-state index contributed by atoms with van der Waals surface area (Å²) in [5, 5.41) is 5.32. The van der Waals surface area contributed by atoms with E-state index in [2.05, 4.69) is 31.3 Å². The van der Waals surface area contributed by atoms with Crippen molar-refractivity contribution in [3.05, 3.63) is 58.6 Å².